The number of hydrogen-bond donors (Lipinski definition) is 2. The normalized spacial score (nSPS) is 18.5. The maximum absolute atomic E-state index is 12.3. The van der Waals surface area contributed by atoms with Crippen molar-refractivity contribution in [1.29, 1.82) is 0 Å². The van der Waals surface area contributed by atoms with E-state index in [9.17, 15) is 4.79 Å². The second kappa shape index (κ2) is 9.62. The largest absolute Gasteiger partial charge is 0.495 e. The third kappa shape index (κ3) is 6.33. The van der Waals surface area contributed by atoms with Crippen molar-refractivity contribution in [2.75, 3.05) is 38.6 Å². The van der Waals surface area contributed by atoms with E-state index >= 15 is 0 Å². The Balaban J connectivity index is 0.00000225. The van der Waals surface area contributed by atoms with Crippen LogP contribution in [0.5, 0.6) is 5.75 Å². The zero-order valence-electron chi connectivity index (χ0n) is 14.6. The monoisotopic (exact) mass is 387 g/mol. The number of nitrogens with one attached hydrogen (secondary N) is 2. The number of halogens is 2. The van der Waals surface area contributed by atoms with Crippen LogP contribution in [0.3, 0.4) is 0 Å². The number of ether oxygens (including phenoxy) is 1. The summed E-state index contributed by atoms with van der Waals surface area (Å²) in [6.07, 6.45) is 5.00. The van der Waals surface area contributed by atoms with Crippen molar-refractivity contribution in [2.24, 2.45) is 5.92 Å². The zero-order valence-corrected chi connectivity index (χ0v) is 16.2. The van der Waals surface area contributed by atoms with Crippen LogP contribution in [0.4, 0.5) is 5.69 Å². The van der Waals surface area contributed by atoms with Crippen LogP contribution in [0.25, 0.3) is 0 Å². The molecule has 0 atom stereocenters. The van der Waals surface area contributed by atoms with Crippen molar-refractivity contribution in [3.63, 3.8) is 0 Å². The summed E-state index contributed by atoms with van der Waals surface area (Å²) in [5.41, 5.74) is 0.621. The van der Waals surface area contributed by atoms with E-state index in [-0.39, 0.29) is 18.3 Å². The Morgan fingerprint density at radius 1 is 1.28 bits per heavy atom. The Morgan fingerprint density at radius 2 is 2.00 bits per heavy atom. The lowest BCUT2D eigenvalue weighted by atomic mass is 10.0. The molecule has 2 fully saturated rings. The van der Waals surface area contributed by atoms with Crippen LogP contribution in [0, 0.1) is 5.92 Å². The molecule has 1 aromatic carbocycles. The van der Waals surface area contributed by atoms with Crippen LogP contribution in [0.1, 0.15) is 25.7 Å². The Kier molecular flexibility index (Phi) is 7.81. The number of methoxy groups -OCH3 is 1. The average molecular weight is 388 g/mol. The number of likely N-dealkylation sites (tertiary alicyclic amines) is 1. The van der Waals surface area contributed by atoms with Crippen LogP contribution < -0.4 is 15.4 Å². The van der Waals surface area contributed by atoms with Gasteiger partial charge in [-0.05, 0) is 56.3 Å². The molecule has 1 aliphatic heterocycles. The highest BCUT2D eigenvalue weighted by Crippen LogP contribution is 2.28. The van der Waals surface area contributed by atoms with E-state index in [1.165, 1.54) is 19.4 Å². The minimum Gasteiger partial charge on any atom is -0.495 e. The molecule has 0 bridgehead atoms. The fourth-order valence-corrected chi connectivity index (χ4v) is 3.29. The summed E-state index contributed by atoms with van der Waals surface area (Å²) in [5, 5.41) is 7.14. The number of anilines is 1. The quantitative estimate of drug-likeness (QED) is 0.754. The number of carbonyl (C=O) groups is 1. The molecule has 1 saturated carbocycles. The SMILES string of the molecule is COc1ccc(Cl)cc1NC(=O)CN1CCC(NCC2CC2)CC1.Cl. The fourth-order valence-electron chi connectivity index (χ4n) is 3.12. The lowest BCUT2D eigenvalue weighted by Crippen LogP contribution is -2.45. The van der Waals surface area contributed by atoms with E-state index in [0.29, 0.717) is 29.0 Å². The zero-order chi connectivity index (χ0) is 16.9. The maximum Gasteiger partial charge on any atom is 0.238 e. The molecule has 3 rings (SSSR count). The molecule has 1 aromatic rings. The highest BCUT2D eigenvalue weighted by Gasteiger charge is 2.25. The third-order valence-corrected chi connectivity index (χ3v) is 5.02. The molecule has 140 valence electrons. The second-order valence-corrected chi connectivity index (χ2v) is 7.23. The summed E-state index contributed by atoms with van der Waals surface area (Å²) < 4.78 is 5.26. The van der Waals surface area contributed by atoms with Crippen molar-refractivity contribution in [3.05, 3.63) is 23.2 Å². The Morgan fingerprint density at radius 3 is 2.64 bits per heavy atom. The van der Waals surface area contributed by atoms with E-state index in [2.05, 4.69) is 15.5 Å². The van der Waals surface area contributed by atoms with E-state index in [1.54, 1.807) is 25.3 Å². The number of carbonyl (C=O) groups excluding carboxylic acids is 1. The number of benzene rings is 1. The molecule has 7 heteroatoms. The molecule has 2 N–H and O–H groups in total. The van der Waals surface area contributed by atoms with Crippen LogP contribution in [0.2, 0.25) is 5.02 Å². The minimum absolute atomic E-state index is 0. The fraction of sp³-hybridized carbons (Fsp3) is 0.611. The summed E-state index contributed by atoms with van der Waals surface area (Å²) in [7, 11) is 1.58. The van der Waals surface area contributed by atoms with Crippen molar-refractivity contribution in [2.45, 2.75) is 31.7 Å². The van der Waals surface area contributed by atoms with Crippen LogP contribution in [-0.2, 0) is 4.79 Å². The molecular weight excluding hydrogens is 361 g/mol. The van der Waals surface area contributed by atoms with Crippen molar-refractivity contribution in [3.8, 4) is 5.75 Å². The Hall–Kier alpha value is -1.01. The molecule has 25 heavy (non-hydrogen) atoms. The molecule has 1 aliphatic carbocycles. The lowest BCUT2D eigenvalue weighted by Gasteiger charge is -2.32. The number of rotatable bonds is 7. The number of nitrogens with zero attached hydrogens (tertiary/aromatic N) is 1. The van der Waals surface area contributed by atoms with E-state index in [1.807, 2.05) is 0 Å². The predicted octanol–water partition coefficient (Wildman–Crippen LogP) is 3.17. The van der Waals surface area contributed by atoms with Crippen molar-refractivity contribution in [1.82, 2.24) is 10.2 Å². The lowest BCUT2D eigenvalue weighted by molar-refractivity contribution is -0.117. The molecule has 5 nitrogen and oxygen atoms in total. The van der Waals surface area contributed by atoms with Gasteiger partial charge in [0, 0.05) is 24.2 Å². The standard InChI is InChI=1S/C18H26ClN3O2.ClH/c1-24-17-5-4-14(19)10-16(17)21-18(23)12-22-8-6-15(7-9-22)20-11-13-2-3-13;/h4-5,10,13,15,20H,2-3,6-9,11-12H2,1H3,(H,21,23);1H. The van der Waals surface area contributed by atoms with Crippen molar-refractivity contribution < 1.29 is 9.53 Å². The molecule has 1 amide bonds. The molecule has 1 saturated heterocycles. The molecule has 0 unspecified atom stereocenters. The molecule has 2 aliphatic rings. The van der Waals surface area contributed by atoms with Gasteiger partial charge in [-0.2, -0.15) is 0 Å². The smallest absolute Gasteiger partial charge is 0.238 e. The summed E-state index contributed by atoms with van der Waals surface area (Å²) in [6.45, 7) is 3.50. The first-order valence-electron chi connectivity index (χ1n) is 8.73. The first-order valence-corrected chi connectivity index (χ1v) is 9.11. The topological polar surface area (TPSA) is 53.6 Å². The number of piperidine rings is 1. The van der Waals surface area contributed by atoms with Gasteiger partial charge in [-0.3, -0.25) is 9.69 Å². The van der Waals surface area contributed by atoms with Crippen LogP contribution in [0.15, 0.2) is 18.2 Å². The van der Waals surface area contributed by atoms with Gasteiger partial charge in [0.2, 0.25) is 5.91 Å². The Labute approximate surface area is 160 Å². The van der Waals surface area contributed by atoms with Gasteiger partial charge in [0.15, 0.2) is 0 Å². The maximum atomic E-state index is 12.3. The van der Waals surface area contributed by atoms with Crippen LogP contribution >= 0.6 is 24.0 Å². The Bertz CT molecular complexity index is 573. The van der Waals surface area contributed by atoms with E-state index in [0.717, 1.165) is 31.8 Å². The van der Waals surface area contributed by atoms with Gasteiger partial charge in [0.05, 0.1) is 19.3 Å². The highest BCUT2D eigenvalue weighted by molar-refractivity contribution is 6.31. The van der Waals surface area contributed by atoms with E-state index in [4.69, 9.17) is 16.3 Å². The molecular formula is C18H27Cl2N3O2. The number of amides is 1. The minimum atomic E-state index is -0.0278. The first-order chi connectivity index (χ1) is 11.6. The highest BCUT2D eigenvalue weighted by atomic mass is 35.5. The average Bonchev–Trinajstić information content (AvgIpc) is 3.39. The van der Waals surface area contributed by atoms with Gasteiger partial charge in [0.25, 0.3) is 0 Å². The summed E-state index contributed by atoms with van der Waals surface area (Å²) >= 11 is 6.00. The summed E-state index contributed by atoms with van der Waals surface area (Å²) in [6, 6.07) is 5.83. The summed E-state index contributed by atoms with van der Waals surface area (Å²) in [4.78, 5) is 14.5. The van der Waals surface area contributed by atoms with Crippen LogP contribution in [-0.4, -0.2) is 50.1 Å². The van der Waals surface area contributed by atoms with Gasteiger partial charge in [-0.25, -0.2) is 0 Å². The predicted molar refractivity (Wildman–Crippen MR) is 104 cm³/mol. The first kappa shape index (κ1) is 20.3. The third-order valence-electron chi connectivity index (χ3n) is 4.78. The van der Waals surface area contributed by atoms with Gasteiger partial charge in [-0.1, -0.05) is 11.6 Å². The molecule has 0 radical (unpaired) electrons. The molecule has 0 spiro atoms. The molecule has 1 heterocycles. The second-order valence-electron chi connectivity index (χ2n) is 6.79. The van der Waals surface area contributed by atoms with Gasteiger partial charge in [0.1, 0.15) is 5.75 Å². The summed E-state index contributed by atoms with van der Waals surface area (Å²) in [5.74, 6) is 1.51. The van der Waals surface area contributed by atoms with Gasteiger partial charge in [-0.15, -0.1) is 12.4 Å². The van der Waals surface area contributed by atoms with E-state index < -0.39 is 0 Å². The molecule has 0 aromatic heterocycles. The van der Waals surface area contributed by atoms with Gasteiger partial charge < -0.3 is 15.4 Å². The van der Waals surface area contributed by atoms with Crippen molar-refractivity contribution >= 4 is 35.6 Å². The van der Waals surface area contributed by atoms with Gasteiger partial charge >= 0.3 is 0 Å². The number of hydrogen-bond acceptors (Lipinski definition) is 4.